The van der Waals surface area contributed by atoms with E-state index in [9.17, 15) is 4.39 Å². The third kappa shape index (κ3) is 4.48. The number of rotatable bonds is 6. The second-order valence-electron chi connectivity index (χ2n) is 7.83. The van der Waals surface area contributed by atoms with Gasteiger partial charge in [-0.25, -0.2) is 4.39 Å². The van der Waals surface area contributed by atoms with E-state index in [1.807, 2.05) is 12.3 Å². The minimum absolute atomic E-state index is 0.245. The van der Waals surface area contributed by atoms with Gasteiger partial charge in [0.2, 0.25) is 0 Å². The predicted octanol–water partition coefficient (Wildman–Crippen LogP) is 5.23. The van der Waals surface area contributed by atoms with E-state index >= 15 is 0 Å². The summed E-state index contributed by atoms with van der Waals surface area (Å²) in [4.78, 5) is 6.99. The zero-order chi connectivity index (χ0) is 21.0. The van der Waals surface area contributed by atoms with E-state index in [0.717, 1.165) is 58.5 Å². The highest BCUT2D eigenvalue weighted by atomic mass is 32.2. The van der Waals surface area contributed by atoms with E-state index in [0.29, 0.717) is 0 Å². The number of likely N-dealkylation sites (tertiary alicyclic amines) is 1. The Balaban J connectivity index is 1.45. The Morgan fingerprint density at radius 2 is 1.71 bits per heavy atom. The van der Waals surface area contributed by atoms with Crippen LogP contribution in [0.3, 0.4) is 0 Å². The number of para-hydroxylation sites is 1. The van der Waals surface area contributed by atoms with Gasteiger partial charge in [-0.05, 0) is 61.8 Å². The summed E-state index contributed by atoms with van der Waals surface area (Å²) in [6.07, 6.45) is 5.57. The van der Waals surface area contributed by atoms with Crippen molar-refractivity contribution in [3.8, 4) is 5.69 Å². The van der Waals surface area contributed by atoms with Gasteiger partial charge >= 0.3 is 0 Å². The summed E-state index contributed by atoms with van der Waals surface area (Å²) in [6.45, 7) is 2.92. The Kier molecular flexibility index (Phi) is 5.95. The van der Waals surface area contributed by atoms with E-state index in [-0.39, 0.29) is 5.82 Å². The van der Waals surface area contributed by atoms with Gasteiger partial charge in [0.1, 0.15) is 5.82 Å². The third-order valence-electron chi connectivity index (χ3n) is 5.67. The standard InChI is InChI=1S/C24H24FN5S/c25-20-9-11-21(12-10-20)30-22(16-29-14-2-1-3-15-29)27-28-24(30)31-17-19-7-4-6-18-8-5-13-26-23(18)19/h4-13H,1-3,14-17H2. The highest BCUT2D eigenvalue weighted by molar-refractivity contribution is 7.98. The van der Waals surface area contributed by atoms with Crippen LogP contribution in [0.1, 0.15) is 30.7 Å². The van der Waals surface area contributed by atoms with Crippen LogP contribution in [0.15, 0.2) is 66.0 Å². The molecule has 31 heavy (non-hydrogen) atoms. The zero-order valence-corrected chi connectivity index (χ0v) is 18.1. The first-order valence-electron chi connectivity index (χ1n) is 10.7. The highest BCUT2D eigenvalue weighted by Gasteiger charge is 2.19. The Bertz CT molecular complexity index is 1160. The number of hydrogen-bond donors (Lipinski definition) is 0. The molecule has 0 radical (unpaired) electrons. The van der Waals surface area contributed by atoms with E-state index in [1.54, 1.807) is 23.9 Å². The first-order valence-corrected chi connectivity index (χ1v) is 11.6. The SMILES string of the molecule is Fc1ccc(-n2c(CN3CCCCC3)nnc2SCc2cccc3cccnc23)cc1. The first-order chi connectivity index (χ1) is 15.3. The number of fused-ring (bicyclic) bond motifs is 1. The molecule has 1 fully saturated rings. The highest BCUT2D eigenvalue weighted by Crippen LogP contribution is 2.28. The van der Waals surface area contributed by atoms with Crippen molar-refractivity contribution in [1.29, 1.82) is 0 Å². The predicted molar refractivity (Wildman–Crippen MR) is 122 cm³/mol. The van der Waals surface area contributed by atoms with Crippen molar-refractivity contribution in [2.45, 2.75) is 36.7 Å². The molecule has 0 bridgehead atoms. The minimum Gasteiger partial charge on any atom is -0.296 e. The molecule has 1 saturated heterocycles. The van der Waals surface area contributed by atoms with Gasteiger partial charge in [0.05, 0.1) is 12.1 Å². The van der Waals surface area contributed by atoms with Crippen LogP contribution in [0.2, 0.25) is 0 Å². The first kappa shape index (κ1) is 20.2. The molecule has 1 aliphatic heterocycles. The van der Waals surface area contributed by atoms with Crippen molar-refractivity contribution in [2.24, 2.45) is 0 Å². The van der Waals surface area contributed by atoms with Crippen LogP contribution >= 0.6 is 11.8 Å². The molecule has 158 valence electrons. The molecule has 0 amide bonds. The molecule has 0 aliphatic carbocycles. The summed E-state index contributed by atoms with van der Waals surface area (Å²) in [7, 11) is 0. The summed E-state index contributed by atoms with van der Waals surface area (Å²) in [5.41, 5.74) is 3.06. The quantitative estimate of drug-likeness (QED) is 0.390. The Morgan fingerprint density at radius 1 is 0.903 bits per heavy atom. The number of nitrogens with zero attached hydrogens (tertiary/aromatic N) is 5. The maximum Gasteiger partial charge on any atom is 0.196 e. The topological polar surface area (TPSA) is 46.8 Å². The Hall–Kier alpha value is -2.77. The Morgan fingerprint density at radius 3 is 2.55 bits per heavy atom. The second kappa shape index (κ2) is 9.16. The van der Waals surface area contributed by atoms with Gasteiger partial charge < -0.3 is 0 Å². The molecule has 4 aromatic rings. The van der Waals surface area contributed by atoms with Crippen molar-refractivity contribution < 1.29 is 4.39 Å². The maximum atomic E-state index is 13.6. The largest absolute Gasteiger partial charge is 0.296 e. The van der Waals surface area contributed by atoms with Gasteiger partial charge in [0.25, 0.3) is 0 Å². The number of thioether (sulfide) groups is 1. The molecule has 0 N–H and O–H groups in total. The molecule has 2 aromatic heterocycles. The fourth-order valence-electron chi connectivity index (χ4n) is 4.09. The molecular formula is C24H24FN5S. The van der Waals surface area contributed by atoms with Gasteiger partial charge in [0.15, 0.2) is 11.0 Å². The van der Waals surface area contributed by atoms with Crippen LogP contribution in [0.4, 0.5) is 4.39 Å². The van der Waals surface area contributed by atoms with Crippen LogP contribution in [0.25, 0.3) is 16.6 Å². The number of hydrogen-bond acceptors (Lipinski definition) is 5. The van der Waals surface area contributed by atoms with Gasteiger partial charge in [-0.3, -0.25) is 14.5 Å². The van der Waals surface area contributed by atoms with Crippen molar-refractivity contribution in [1.82, 2.24) is 24.6 Å². The van der Waals surface area contributed by atoms with E-state index in [4.69, 9.17) is 0 Å². The summed E-state index contributed by atoms with van der Waals surface area (Å²) < 4.78 is 15.6. The normalized spacial score (nSPS) is 14.9. The molecule has 3 heterocycles. The second-order valence-corrected chi connectivity index (χ2v) is 8.77. The fraction of sp³-hybridized carbons (Fsp3) is 0.292. The number of piperidine rings is 1. The molecular weight excluding hydrogens is 409 g/mol. The van der Waals surface area contributed by atoms with Gasteiger partial charge in [-0.1, -0.05) is 42.4 Å². The molecule has 0 spiro atoms. The van der Waals surface area contributed by atoms with Gasteiger partial charge in [0, 0.05) is 23.0 Å². The van der Waals surface area contributed by atoms with Crippen LogP contribution in [-0.4, -0.2) is 37.7 Å². The van der Waals surface area contributed by atoms with Crippen molar-refractivity contribution in [3.63, 3.8) is 0 Å². The Labute approximate surface area is 185 Å². The molecule has 5 rings (SSSR count). The average molecular weight is 434 g/mol. The third-order valence-corrected chi connectivity index (χ3v) is 6.65. The lowest BCUT2D eigenvalue weighted by atomic mass is 10.1. The van der Waals surface area contributed by atoms with Crippen LogP contribution < -0.4 is 0 Å². The van der Waals surface area contributed by atoms with Crippen LogP contribution in [-0.2, 0) is 12.3 Å². The minimum atomic E-state index is -0.245. The lowest BCUT2D eigenvalue weighted by Gasteiger charge is -2.26. The number of aromatic nitrogens is 4. The molecule has 0 atom stereocenters. The molecule has 0 unspecified atom stereocenters. The van der Waals surface area contributed by atoms with Gasteiger partial charge in [-0.2, -0.15) is 0 Å². The maximum absolute atomic E-state index is 13.6. The molecule has 5 nitrogen and oxygen atoms in total. The molecule has 0 saturated carbocycles. The van der Waals surface area contributed by atoms with Crippen LogP contribution in [0, 0.1) is 5.82 Å². The summed E-state index contributed by atoms with van der Waals surface area (Å²) in [5.74, 6) is 1.38. The average Bonchev–Trinajstić information content (AvgIpc) is 3.21. The van der Waals surface area contributed by atoms with Crippen LogP contribution in [0.5, 0.6) is 0 Å². The molecule has 2 aromatic carbocycles. The molecule has 7 heteroatoms. The molecule has 1 aliphatic rings. The number of pyridine rings is 1. The van der Waals surface area contributed by atoms with Crippen molar-refractivity contribution in [3.05, 3.63) is 78.0 Å². The lowest BCUT2D eigenvalue weighted by Crippen LogP contribution is -2.30. The fourth-order valence-corrected chi connectivity index (χ4v) is 5.05. The lowest BCUT2D eigenvalue weighted by molar-refractivity contribution is 0.214. The number of halogens is 1. The monoisotopic (exact) mass is 433 g/mol. The van der Waals surface area contributed by atoms with E-state index in [1.165, 1.54) is 31.4 Å². The van der Waals surface area contributed by atoms with Crippen molar-refractivity contribution in [2.75, 3.05) is 13.1 Å². The summed E-state index contributed by atoms with van der Waals surface area (Å²) >= 11 is 1.63. The van der Waals surface area contributed by atoms with Gasteiger partial charge in [-0.15, -0.1) is 10.2 Å². The summed E-state index contributed by atoms with van der Waals surface area (Å²) in [5, 5.41) is 11.0. The summed E-state index contributed by atoms with van der Waals surface area (Å²) in [6, 6.07) is 16.8. The number of benzene rings is 2. The zero-order valence-electron chi connectivity index (χ0n) is 17.2. The smallest absolute Gasteiger partial charge is 0.196 e. The van der Waals surface area contributed by atoms with Crippen molar-refractivity contribution >= 4 is 22.7 Å². The van der Waals surface area contributed by atoms with E-state index < -0.39 is 0 Å². The van der Waals surface area contributed by atoms with E-state index in [2.05, 4.69) is 48.9 Å².